The van der Waals surface area contributed by atoms with Crippen LogP contribution in [0.5, 0.6) is 5.75 Å². The first-order chi connectivity index (χ1) is 10.7. The lowest BCUT2D eigenvalue weighted by Gasteiger charge is -2.14. The van der Waals surface area contributed by atoms with Gasteiger partial charge >= 0.3 is 5.97 Å². The molecule has 4 heteroatoms. The molecule has 0 heterocycles. The van der Waals surface area contributed by atoms with Gasteiger partial charge in [0.25, 0.3) is 0 Å². The molecule has 0 aromatic heterocycles. The monoisotopic (exact) mass is 298 g/mol. The van der Waals surface area contributed by atoms with Crippen molar-refractivity contribution in [2.75, 3.05) is 14.2 Å². The zero-order valence-corrected chi connectivity index (χ0v) is 12.6. The number of carbonyl (C=O) groups excluding carboxylic acids is 2. The summed E-state index contributed by atoms with van der Waals surface area (Å²) in [6.45, 7) is 0. The van der Waals surface area contributed by atoms with Crippen molar-refractivity contribution in [1.82, 2.24) is 0 Å². The summed E-state index contributed by atoms with van der Waals surface area (Å²) in [5, 5.41) is 0. The van der Waals surface area contributed by atoms with E-state index in [-0.39, 0.29) is 12.2 Å². The van der Waals surface area contributed by atoms with Gasteiger partial charge in [0.2, 0.25) is 0 Å². The molecule has 0 saturated carbocycles. The quantitative estimate of drug-likeness (QED) is 0.607. The van der Waals surface area contributed by atoms with E-state index in [4.69, 9.17) is 9.47 Å². The van der Waals surface area contributed by atoms with Gasteiger partial charge in [0.1, 0.15) is 5.75 Å². The Kier molecular flexibility index (Phi) is 5.31. The summed E-state index contributed by atoms with van der Waals surface area (Å²) in [5.41, 5.74) is 1.29. The lowest BCUT2D eigenvalue weighted by Crippen LogP contribution is -2.18. The van der Waals surface area contributed by atoms with Crippen molar-refractivity contribution in [2.24, 2.45) is 0 Å². The summed E-state index contributed by atoms with van der Waals surface area (Å²) in [6, 6.07) is 16.1. The lowest BCUT2D eigenvalue weighted by molar-refractivity contribution is -0.142. The van der Waals surface area contributed by atoms with E-state index < -0.39 is 11.9 Å². The molecule has 0 saturated heterocycles. The van der Waals surface area contributed by atoms with Gasteiger partial charge in [-0.15, -0.1) is 0 Å². The minimum absolute atomic E-state index is 0.0594. The Morgan fingerprint density at radius 1 is 1.00 bits per heavy atom. The van der Waals surface area contributed by atoms with Gasteiger partial charge in [-0.05, 0) is 17.7 Å². The van der Waals surface area contributed by atoms with E-state index in [0.717, 1.165) is 5.56 Å². The summed E-state index contributed by atoms with van der Waals surface area (Å²) in [7, 11) is 2.87. The van der Waals surface area contributed by atoms with Crippen molar-refractivity contribution >= 4 is 11.8 Å². The minimum Gasteiger partial charge on any atom is -0.497 e. The predicted octanol–water partition coefficient (Wildman–Crippen LogP) is 3.22. The number of carbonyl (C=O) groups is 2. The van der Waals surface area contributed by atoms with Crippen LogP contribution in [0.3, 0.4) is 0 Å². The molecule has 2 aromatic carbocycles. The van der Waals surface area contributed by atoms with Crippen LogP contribution in [-0.4, -0.2) is 26.0 Å². The Hall–Kier alpha value is -2.62. The molecule has 114 valence electrons. The molecule has 0 amide bonds. The summed E-state index contributed by atoms with van der Waals surface area (Å²) < 4.78 is 9.95. The lowest BCUT2D eigenvalue weighted by atomic mass is 9.91. The summed E-state index contributed by atoms with van der Waals surface area (Å²) >= 11 is 0. The van der Waals surface area contributed by atoms with E-state index in [9.17, 15) is 9.59 Å². The molecule has 0 aliphatic carbocycles. The SMILES string of the molecule is COC(=O)[C@H](CC(=O)c1cccc(OC)c1)c1ccccc1. The Morgan fingerprint density at radius 2 is 1.73 bits per heavy atom. The highest BCUT2D eigenvalue weighted by Gasteiger charge is 2.25. The molecule has 1 atom stereocenters. The van der Waals surface area contributed by atoms with E-state index in [1.807, 2.05) is 30.3 Å². The highest BCUT2D eigenvalue weighted by Crippen LogP contribution is 2.24. The highest BCUT2D eigenvalue weighted by molar-refractivity contribution is 5.99. The van der Waals surface area contributed by atoms with Gasteiger partial charge in [0.05, 0.1) is 20.1 Å². The molecule has 0 fully saturated rings. The molecule has 0 aliphatic rings. The average Bonchev–Trinajstić information content (AvgIpc) is 2.59. The third kappa shape index (κ3) is 3.73. The normalized spacial score (nSPS) is 11.5. The number of hydrogen-bond donors (Lipinski definition) is 0. The number of methoxy groups -OCH3 is 2. The zero-order valence-electron chi connectivity index (χ0n) is 12.6. The number of rotatable bonds is 6. The van der Waals surface area contributed by atoms with E-state index in [1.165, 1.54) is 7.11 Å². The van der Waals surface area contributed by atoms with Gasteiger partial charge < -0.3 is 9.47 Å². The van der Waals surface area contributed by atoms with Gasteiger partial charge in [0, 0.05) is 12.0 Å². The summed E-state index contributed by atoms with van der Waals surface area (Å²) in [4.78, 5) is 24.5. The van der Waals surface area contributed by atoms with E-state index in [2.05, 4.69) is 0 Å². The maximum Gasteiger partial charge on any atom is 0.313 e. The minimum atomic E-state index is -0.607. The number of esters is 1. The Labute approximate surface area is 129 Å². The third-order valence-electron chi connectivity index (χ3n) is 3.47. The molecule has 0 aliphatic heterocycles. The van der Waals surface area contributed by atoms with Gasteiger partial charge in [-0.25, -0.2) is 0 Å². The molecule has 2 rings (SSSR count). The fraction of sp³-hybridized carbons (Fsp3) is 0.222. The van der Waals surface area contributed by atoms with Gasteiger partial charge in [-0.1, -0.05) is 42.5 Å². The topological polar surface area (TPSA) is 52.6 Å². The first-order valence-corrected chi connectivity index (χ1v) is 6.95. The second kappa shape index (κ2) is 7.41. The molecular formula is C18H18O4. The van der Waals surface area contributed by atoms with E-state index in [0.29, 0.717) is 11.3 Å². The number of benzene rings is 2. The van der Waals surface area contributed by atoms with Crippen LogP contribution in [0.2, 0.25) is 0 Å². The van der Waals surface area contributed by atoms with E-state index in [1.54, 1.807) is 31.4 Å². The van der Waals surface area contributed by atoms with Gasteiger partial charge in [-0.3, -0.25) is 9.59 Å². The van der Waals surface area contributed by atoms with Crippen LogP contribution in [0.1, 0.15) is 28.3 Å². The molecule has 22 heavy (non-hydrogen) atoms. The van der Waals surface area contributed by atoms with E-state index >= 15 is 0 Å². The van der Waals surface area contributed by atoms with Crippen molar-refractivity contribution < 1.29 is 19.1 Å². The second-order valence-electron chi connectivity index (χ2n) is 4.85. The van der Waals surface area contributed by atoms with Crippen LogP contribution < -0.4 is 4.74 Å². The molecule has 4 nitrogen and oxygen atoms in total. The van der Waals surface area contributed by atoms with Gasteiger partial charge in [-0.2, -0.15) is 0 Å². The maximum atomic E-state index is 12.5. The maximum absolute atomic E-state index is 12.5. The molecular weight excluding hydrogens is 280 g/mol. The Morgan fingerprint density at radius 3 is 2.36 bits per heavy atom. The molecule has 0 spiro atoms. The van der Waals surface area contributed by atoms with Crippen molar-refractivity contribution in [2.45, 2.75) is 12.3 Å². The number of ether oxygens (including phenoxy) is 2. The van der Waals surface area contributed by atoms with Crippen molar-refractivity contribution in [1.29, 1.82) is 0 Å². The van der Waals surface area contributed by atoms with Crippen molar-refractivity contribution in [3.05, 3.63) is 65.7 Å². The first-order valence-electron chi connectivity index (χ1n) is 6.95. The van der Waals surface area contributed by atoms with Crippen molar-refractivity contribution in [3.63, 3.8) is 0 Å². The Bertz CT molecular complexity index is 649. The molecule has 0 N–H and O–H groups in total. The molecule has 0 bridgehead atoms. The van der Waals surface area contributed by atoms with Gasteiger partial charge in [0.15, 0.2) is 5.78 Å². The standard InChI is InChI=1S/C18H18O4/c1-21-15-10-6-9-14(11-15)17(19)12-16(18(20)22-2)13-7-4-3-5-8-13/h3-11,16H,12H2,1-2H3/t16-/m1/s1. The Balaban J connectivity index is 2.23. The van der Waals surface area contributed by atoms with Crippen LogP contribution >= 0.6 is 0 Å². The number of Topliss-reactive ketones (excluding diaryl/α,β-unsaturated/α-hetero) is 1. The largest absolute Gasteiger partial charge is 0.497 e. The third-order valence-corrected chi connectivity index (χ3v) is 3.47. The van der Waals surface area contributed by atoms with Crippen LogP contribution in [-0.2, 0) is 9.53 Å². The van der Waals surface area contributed by atoms with Crippen LogP contribution in [0.15, 0.2) is 54.6 Å². The fourth-order valence-corrected chi connectivity index (χ4v) is 2.26. The molecule has 0 unspecified atom stereocenters. The summed E-state index contributed by atoms with van der Waals surface area (Å²) in [5.74, 6) is -0.536. The molecule has 0 radical (unpaired) electrons. The smallest absolute Gasteiger partial charge is 0.313 e. The first kappa shape index (κ1) is 15.8. The zero-order chi connectivity index (χ0) is 15.9. The number of hydrogen-bond acceptors (Lipinski definition) is 4. The van der Waals surface area contributed by atoms with Crippen LogP contribution in [0.25, 0.3) is 0 Å². The second-order valence-corrected chi connectivity index (χ2v) is 4.85. The van der Waals surface area contributed by atoms with Crippen LogP contribution in [0, 0.1) is 0 Å². The van der Waals surface area contributed by atoms with Crippen LogP contribution in [0.4, 0.5) is 0 Å². The molecule has 2 aromatic rings. The summed E-state index contributed by atoms with van der Waals surface area (Å²) in [6.07, 6.45) is 0.0594. The van der Waals surface area contributed by atoms with Crippen molar-refractivity contribution in [3.8, 4) is 5.75 Å². The average molecular weight is 298 g/mol. The highest BCUT2D eigenvalue weighted by atomic mass is 16.5. The fourth-order valence-electron chi connectivity index (χ4n) is 2.26. The predicted molar refractivity (Wildman–Crippen MR) is 83.1 cm³/mol. The number of ketones is 1.